The minimum Gasteiger partial charge on any atom is -0.497 e. The number of hydrogen-bond donors (Lipinski definition) is 1. The number of benzene rings is 2. The van der Waals surface area contributed by atoms with E-state index < -0.39 is 7.37 Å². The third-order valence-electron chi connectivity index (χ3n) is 2.97. The summed E-state index contributed by atoms with van der Waals surface area (Å²) < 4.78 is 27.9. The quantitative estimate of drug-likeness (QED) is 0.672. The molecule has 2 rings (SSSR count). The van der Waals surface area contributed by atoms with Crippen LogP contribution in [0.15, 0.2) is 48.5 Å². The van der Waals surface area contributed by atoms with Crippen molar-refractivity contribution in [2.45, 2.75) is 0 Å². The summed E-state index contributed by atoms with van der Waals surface area (Å²) in [4.78, 5) is 0. The number of rotatable bonds is 5. The van der Waals surface area contributed by atoms with Gasteiger partial charge in [0.15, 0.2) is 0 Å². The highest BCUT2D eigenvalue weighted by atomic mass is 31.2. The zero-order valence-electron chi connectivity index (χ0n) is 11.3. The molecule has 5 nitrogen and oxygen atoms in total. The van der Waals surface area contributed by atoms with Crippen molar-refractivity contribution in [2.75, 3.05) is 14.2 Å². The average molecular weight is 293 g/mol. The Kier molecular flexibility index (Phi) is 4.45. The van der Waals surface area contributed by atoms with Crippen molar-refractivity contribution in [3.63, 3.8) is 0 Å². The van der Waals surface area contributed by atoms with Crippen LogP contribution in [0.25, 0.3) is 0 Å². The molecule has 0 aliphatic carbocycles. The molecule has 0 aliphatic rings. The monoisotopic (exact) mass is 293 g/mol. The molecule has 0 unspecified atom stereocenters. The van der Waals surface area contributed by atoms with Gasteiger partial charge in [-0.3, -0.25) is 4.57 Å². The van der Waals surface area contributed by atoms with Gasteiger partial charge < -0.3 is 9.47 Å². The molecule has 0 bridgehead atoms. The summed E-state index contributed by atoms with van der Waals surface area (Å²) in [5.41, 5.74) is 0. The summed E-state index contributed by atoms with van der Waals surface area (Å²) in [6.45, 7) is 0. The number of nitrogens with two attached hydrogens (primary N) is 1. The van der Waals surface area contributed by atoms with Crippen LogP contribution in [0.1, 0.15) is 0 Å². The zero-order valence-corrected chi connectivity index (χ0v) is 12.2. The summed E-state index contributed by atoms with van der Waals surface area (Å²) in [6.07, 6.45) is 0. The van der Waals surface area contributed by atoms with Crippen molar-refractivity contribution in [3.8, 4) is 11.5 Å². The highest BCUT2D eigenvalue weighted by Gasteiger charge is 2.28. The van der Waals surface area contributed by atoms with Gasteiger partial charge in [-0.25, -0.2) is 10.5 Å². The first-order valence-corrected chi connectivity index (χ1v) is 7.54. The summed E-state index contributed by atoms with van der Waals surface area (Å²) in [5, 5.41) is 1.01. The van der Waals surface area contributed by atoms with Gasteiger partial charge in [-0.05, 0) is 48.5 Å². The van der Waals surface area contributed by atoms with E-state index in [0.717, 1.165) is 0 Å². The molecular formula is C14H16NO4P. The molecule has 0 saturated heterocycles. The standard InChI is InChI=1S/C14H16NO4P/c1-17-11-3-7-13(8-4-11)20(16,19-15)14-9-5-12(18-2)6-10-14/h3-10H,15H2,1-2H3. The van der Waals surface area contributed by atoms with Crippen molar-refractivity contribution in [3.05, 3.63) is 48.5 Å². The number of methoxy groups -OCH3 is 2. The number of hydrogen-bond acceptors (Lipinski definition) is 5. The predicted octanol–water partition coefficient (Wildman–Crippen LogP) is 1.82. The Labute approximate surface area is 117 Å². The van der Waals surface area contributed by atoms with E-state index in [9.17, 15) is 4.57 Å². The molecule has 2 N–H and O–H groups in total. The Balaban J connectivity index is 2.42. The molecule has 0 amide bonds. The van der Waals surface area contributed by atoms with Crippen LogP contribution in [-0.4, -0.2) is 14.2 Å². The maximum absolute atomic E-state index is 13.0. The summed E-state index contributed by atoms with van der Waals surface area (Å²) in [6, 6.07) is 13.6. The molecule has 0 radical (unpaired) electrons. The lowest BCUT2D eigenvalue weighted by atomic mass is 10.3. The lowest BCUT2D eigenvalue weighted by Gasteiger charge is -2.16. The van der Waals surface area contributed by atoms with E-state index in [1.165, 1.54) is 0 Å². The van der Waals surface area contributed by atoms with E-state index in [4.69, 9.17) is 20.0 Å². The fraction of sp³-hybridized carbons (Fsp3) is 0.143. The van der Waals surface area contributed by atoms with Crippen LogP contribution in [0.4, 0.5) is 0 Å². The van der Waals surface area contributed by atoms with Gasteiger partial charge in [-0.15, -0.1) is 0 Å². The molecule has 0 aromatic heterocycles. The van der Waals surface area contributed by atoms with E-state index in [-0.39, 0.29) is 0 Å². The van der Waals surface area contributed by atoms with Crippen molar-refractivity contribution >= 4 is 18.0 Å². The second kappa shape index (κ2) is 6.09. The Morgan fingerprint density at radius 3 is 1.40 bits per heavy atom. The number of ether oxygens (including phenoxy) is 2. The highest BCUT2D eigenvalue weighted by molar-refractivity contribution is 7.74. The maximum Gasteiger partial charge on any atom is 0.277 e. The molecule has 0 atom stereocenters. The van der Waals surface area contributed by atoms with Crippen molar-refractivity contribution in [1.82, 2.24) is 0 Å². The van der Waals surface area contributed by atoms with Crippen LogP contribution in [0, 0.1) is 0 Å². The lowest BCUT2D eigenvalue weighted by molar-refractivity contribution is 0.343. The molecule has 106 valence electrons. The summed E-state index contributed by atoms with van der Waals surface area (Å²) in [7, 11) is -0.165. The molecule has 6 heteroatoms. The Morgan fingerprint density at radius 1 is 0.800 bits per heavy atom. The molecule has 2 aromatic carbocycles. The Bertz CT molecular complexity index is 559. The van der Waals surface area contributed by atoms with Gasteiger partial charge in [0.2, 0.25) is 0 Å². The van der Waals surface area contributed by atoms with Crippen LogP contribution in [-0.2, 0) is 9.19 Å². The average Bonchev–Trinajstić information content (AvgIpc) is 2.54. The van der Waals surface area contributed by atoms with E-state index >= 15 is 0 Å². The molecule has 2 aromatic rings. The zero-order chi connectivity index (χ0) is 14.6. The molecule has 0 heterocycles. The van der Waals surface area contributed by atoms with Gasteiger partial charge >= 0.3 is 0 Å². The Morgan fingerprint density at radius 2 is 1.15 bits per heavy atom. The van der Waals surface area contributed by atoms with Crippen molar-refractivity contribution in [1.29, 1.82) is 0 Å². The first-order valence-electron chi connectivity index (χ1n) is 5.92. The van der Waals surface area contributed by atoms with Crippen molar-refractivity contribution in [2.24, 2.45) is 5.90 Å². The molecule has 0 saturated carbocycles. The van der Waals surface area contributed by atoms with E-state index in [1.54, 1.807) is 62.8 Å². The Hall–Kier alpha value is -1.81. The van der Waals surface area contributed by atoms with Gasteiger partial charge in [0.1, 0.15) is 11.5 Å². The molecule has 0 spiro atoms. The van der Waals surface area contributed by atoms with Crippen LogP contribution in [0.2, 0.25) is 0 Å². The second-order valence-corrected chi connectivity index (χ2v) is 6.40. The van der Waals surface area contributed by atoms with Gasteiger partial charge in [-0.2, -0.15) is 0 Å². The topological polar surface area (TPSA) is 70.8 Å². The first kappa shape index (κ1) is 14.6. The summed E-state index contributed by atoms with van der Waals surface area (Å²) >= 11 is 0. The van der Waals surface area contributed by atoms with Gasteiger partial charge in [0.05, 0.1) is 14.2 Å². The van der Waals surface area contributed by atoms with Crippen molar-refractivity contribution < 1.29 is 18.7 Å². The molecule has 20 heavy (non-hydrogen) atoms. The molecule has 0 fully saturated rings. The highest BCUT2D eigenvalue weighted by Crippen LogP contribution is 2.43. The van der Waals surface area contributed by atoms with E-state index in [0.29, 0.717) is 22.1 Å². The predicted molar refractivity (Wildman–Crippen MR) is 78.1 cm³/mol. The van der Waals surface area contributed by atoms with Crippen LogP contribution >= 0.6 is 7.37 Å². The summed E-state index contributed by atoms with van der Waals surface area (Å²) in [5.74, 6) is 6.63. The first-order chi connectivity index (χ1) is 9.63. The minimum absolute atomic E-state index is 0.506. The van der Waals surface area contributed by atoms with E-state index in [1.807, 2.05) is 0 Å². The minimum atomic E-state index is -3.30. The fourth-order valence-electron chi connectivity index (χ4n) is 1.83. The van der Waals surface area contributed by atoms with Gasteiger partial charge in [0.25, 0.3) is 7.37 Å². The second-order valence-electron chi connectivity index (χ2n) is 4.05. The fourth-order valence-corrected chi connectivity index (χ4v) is 3.45. The third-order valence-corrected chi connectivity index (χ3v) is 5.23. The smallest absolute Gasteiger partial charge is 0.277 e. The van der Waals surface area contributed by atoms with Gasteiger partial charge in [0, 0.05) is 10.6 Å². The largest absolute Gasteiger partial charge is 0.497 e. The lowest BCUT2D eigenvalue weighted by Crippen LogP contribution is -2.20. The van der Waals surface area contributed by atoms with Crippen LogP contribution < -0.4 is 26.0 Å². The SMILES string of the molecule is COc1ccc(P(=O)(ON)c2ccc(OC)cc2)cc1. The van der Waals surface area contributed by atoms with Gasteiger partial charge in [-0.1, -0.05) is 0 Å². The maximum atomic E-state index is 13.0. The molecule has 0 aliphatic heterocycles. The third kappa shape index (κ3) is 2.70. The normalized spacial score (nSPS) is 11.2. The van der Waals surface area contributed by atoms with E-state index in [2.05, 4.69) is 0 Å². The van der Waals surface area contributed by atoms with Crippen LogP contribution in [0.5, 0.6) is 11.5 Å². The van der Waals surface area contributed by atoms with Crippen LogP contribution in [0.3, 0.4) is 0 Å². The molecular weight excluding hydrogens is 277 g/mol.